The second-order valence-corrected chi connectivity index (χ2v) is 7.86. The minimum atomic E-state index is -0.232. The third-order valence-corrected chi connectivity index (χ3v) is 6.11. The van der Waals surface area contributed by atoms with Crippen LogP contribution in [0.25, 0.3) is 0 Å². The molecule has 4 unspecified atom stereocenters. The van der Waals surface area contributed by atoms with Crippen molar-refractivity contribution in [2.75, 3.05) is 13.7 Å². The first kappa shape index (κ1) is 17.5. The molecule has 1 saturated carbocycles. The predicted octanol–water partition coefficient (Wildman–Crippen LogP) is 2.84. The number of hydrazone groups is 1. The van der Waals surface area contributed by atoms with Crippen molar-refractivity contribution in [3.05, 3.63) is 33.4 Å². The number of carbonyl (C=O) groups is 2. The highest BCUT2D eigenvalue weighted by molar-refractivity contribution is 14.1. The Balaban J connectivity index is 1.59. The lowest BCUT2D eigenvalue weighted by atomic mass is 9.85. The van der Waals surface area contributed by atoms with Gasteiger partial charge in [-0.15, -0.1) is 0 Å². The number of amides is 2. The standard InChI is InChI=1S/C19H19IN2O4/c1-3-26-14-7-10(6-13(20)17(14)25-2)9-21-22-18(23)15-11-4-5-12(8-11)16(15)19(22)24/h4-7,9,11-12,15-16H,3,8H2,1-2H3. The molecule has 4 rings (SSSR count). The smallest absolute Gasteiger partial charge is 0.254 e. The zero-order valence-electron chi connectivity index (χ0n) is 14.5. The van der Waals surface area contributed by atoms with Crippen LogP contribution in [0.15, 0.2) is 29.4 Å². The Hall–Kier alpha value is -1.90. The van der Waals surface area contributed by atoms with Gasteiger partial charge in [-0.05, 0) is 65.5 Å². The van der Waals surface area contributed by atoms with E-state index in [1.165, 1.54) is 6.21 Å². The molecular weight excluding hydrogens is 447 g/mol. The third-order valence-electron chi connectivity index (χ3n) is 5.31. The van der Waals surface area contributed by atoms with E-state index in [1.54, 1.807) is 13.2 Å². The number of allylic oxidation sites excluding steroid dienone is 2. The van der Waals surface area contributed by atoms with Crippen LogP contribution in [0.3, 0.4) is 0 Å². The number of benzene rings is 1. The van der Waals surface area contributed by atoms with Crippen molar-refractivity contribution in [3.8, 4) is 11.5 Å². The molecule has 2 aliphatic carbocycles. The zero-order chi connectivity index (χ0) is 18.4. The molecule has 2 bridgehead atoms. The Morgan fingerprint density at radius 2 is 1.88 bits per heavy atom. The Morgan fingerprint density at radius 3 is 2.46 bits per heavy atom. The molecule has 0 aromatic heterocycles. The van der Waals surface area contributed by atoms with Crippen LogP contribution in [0, 0.1) is 27.2 Å². The van der Waals surface area contributed by atoms with Crippen molar-refractivity contribution in [2.24, 2.45) is 28.8 Å². The van der Waals surface area contributed by atoms with Crippen LogP contribution in [0.5, 0.6) is 11.5 Å². The maximum absolute atomic E-state index is 12.7. The fraction of sp³-hybridized carbons (Fsp3) is 0.421. The van der Waals surface area contributed by atoms with E-state index in [1.807, 2.05) is 13.0 Å². The first-order valence-electron chi connectivity index (χ1n) is 8.65. The van der Waals surface area contributed by atoms with Crippen molar-refractivity contribution >= 4 is 40.6 Å². The Labute approximate surface area is 165 Å². The van der Waals surface area contributed by atoms with Crippen LogP contribution in [0.2, 0.25) is 0 Å². The van der Waals surface area contributed by atoms with Gasteiger partial charge in [0.05, 0.1) is 35.3 Å². The molecule has 1 saturated heterocycles. The van der Waals surface area contributed by atoms with Gasteiger partial charge < -0.3 is 9.47 Å². The van der Waals surface area contributed by atoms with Crippen molar-refractivity contribution in [3.63, 3.8) is 0 Å². The summed E-state index contributed by atoms with van der Waals surface area (Å²) in [7, 11) is 1.59. The summed E-state index contributed by atoms with van der Waals surface area (Å²) in [6.45, 7) is 2.41. The average Bonchev–Trinajstić information content (AvgIpc) is 3.28. The Kier molecular flexibility index (Phi) is 4.50. The molecule has 3 aliphatic rings. The molecule has 136 valence electrons. The highest BCUT2D eigenvalue weighted by atomic mass is 127. The lowest BCUT2D eigenvalue weighted by Crippen LogP contribution is -2.28. The van der Waals surface area contributed by atoms with Crippen molar-refractivity contribution in [2.45, 2.75) is 13.3 Å². The van der Waals surface area contributed by atoms with E-state index in [9.17, 15) is 9.59 Å². The van der Waals surface area contributed by atoms with E-state index in [-0.39, 0.29) is 35.5 Å². The van der Waals surface area contributed by atoms with E-state index in [2.05, 4.69) is 39.8 Å². The van der Waals surface area contributed by atoms with Gasteiger partial charge in [-0.3, -0.25) is 9.59 Å². The molecule has 1 heterocycles. The van der Waals surface area contributed by atoms with Crippen LogP contribution in [0.1, 0.15) is 18.9 Å². The molecule has 0 radical (unpaired) electrons. The highest BCUT2D eigenvalue weighted by Crippen LogP contribution is 2.52. The topological polar surface area (TPSA) is 68.2 Å². The summed E-state index contributed by atoms with van der Waals surface area (Å²) >= 11 is 2.16. The molecular formula is C19H19IN2O4. The average molecular weight is 466 g/mol. The predicted molar refractivity (Wildman–Crippen MR) is 104 cm³/mol. The van der Waals surface area contributed by atoms with Gasteiger partial charge in [-0.2, -0.15) is 10.1 Å². The number of carbonyl (C=O) groups excluding carboxylic acids is 2. The van der Waals surface area contributed by atoms with E-state index < -0.39 is 0 Å². The molecule has 6 nitrogen and oxygen atoms in total. The van der Waals surface area contributed by atoms with Crippen molar-refractivity contribution < 1.29 is 19.1 Å². The van der Waals surface area contributed by atoms with Gasteiger partial charge in [0.15, 0.2) is 11.5 Å². The molecule has 1 aromatic carbocycles. The maximum atomic E-state index is 12.7. The monoisotopic (exact) mass is 466 g/mol. The van der Waals surface area contributed by atoms with Gasteiger partial charge in [-0.25, -0.2) is 0 Å². The van der Waals surface area contributed by atoms with Gasteiger partial charge in [0.1, 0.15) is 0 Å². The number of nitrogens with zero attached hydrogens (tertiary/aromatic N) is 2. The number of halogens is 1. The van der Waals surface area contributed by atoms with Crippen molar-refractivity contribution in [1.29, 1.82) is 0 Å². The zero-order valence-corrected chi connectivity index (χ0v) is 16.7. The first-order valence-corrected chi connectivity index (χ1v) is 9.73. The third kappa shape index (κ3) is 2.64. The van der Waals surface area contributed by atoms with Crippen LogP contribution in [0.4, 0.5) is 0 Å². The van der Waals surface area contributed by atoms with Gasteiger partial charge >= 0.3 is 0 Å². The van der Waals surface area contributed by atoms with Crippen molar-refractivity contribution in [1.82, 2.24) is 5.01 Å². The molecule has 1 aliphatic heterocycles. The van der Waals surface area contributed by atoms with E-state index >= 15 is 0 Å². The number of ether oxygens (including phenoxy) is 2. The van der Waals surface area contributed by atoms with Gasteiger partial charge in [0.25, 0.3) is 11.8 Å². The number of methoxy groups -OCH3 is 1. The van der Waals surface area contributed by atoms with Gasteiger partial charge in [0, 0.05) is 0 Å². The van der Waals surface area contributed by atoms with Crippen LogP contribution >= 0.6 is 22.6 Å². The fourth-order valence-electron chi connectivity index (χ4n) is 4.25. The molecule has 2 fully saturated rings. The number of fused-ring (bicyclic) bond motifs is 5. The molecule has 0 N–H and O–H groups in total. The molecule has 7 heteroatoms. The lowest BCUT2D eigenvalue weighted by Gasteiger charge is -2.13. The molecule has 0 spiro atoms. The molecule has 1 aromatic rings. The summed E-state index contributed by atoms with van der Waals surface area (Å²) in [4.78, 5) is 25.3. The number of rotatable bonds is 5. The molecule has 26 heavy (non-hydrogen) atoms. The second-order valence-electron chi connectivity index (χ2n) is 6.70. The Morgan fingerprint density at radius 1 is 1.23 bits per heavy atom. The minimum absolute atomic E-state index is 0.179. The van der Waals surface area contributed by atoms with Gasteiger partial charge in [-0.1, -0.05) is 12.2 Å². The Bertz CT molecular complexity index is 805. The van der Waals surface area contributed by atoms with Crippen LogP contribution in [-0.4, -0.2) is 36.8 Å². The lowest BCUT2D eigenvalue weighted by molar-refractivity contribution is -0.140. The van der Waals surface area contributed by atoms with Crippen LogP contribution in [-0.2, 0) is 9.59 Å². The van der Waals surface area contributed by atoms with E-state index in [0.717, 1.165) is 20.6 Å². The largest absolute Gasteiger partial charge is 0.492 e. The fourth-order valence-corrected chi connectivity index (χ4v) is 5.09. The number of hydrogen-bond donors (Lipinski definition) is 0. The summed E-state index contributed by atoms with van der Waals surface area (Å²) in [6.07, 6.45) is 6.60. The highest BCUT2D eigenvalue weighted by Gasteiger charge is 2.59. The van der Waals surface area contributed by atoms with E-state index in [0.29, 0.717) is 18.1 Å². The summed E-state index contributed by atoms with van der Waals surface area (Å²) < 4.78 is 11.9. The summed E-state index contributed by atoms with van der Waals surface area (Å²) in [5, 5.41) is 5.27. The second kappa shape index (κ2) is 6.68. The summed E-state index contributed by atoms with van der Waals surface area (Å²) in [5.74, 6) is 0.829. The minimum Gasteiger partial charge on any atom is -0.492 e. The normalized spacial score (nSPS) is 29.1. The summed E-state index contributed by atoms with van der Waals surface area (Å²) in [6, 6.07) is 3.67. The van der Waals surface area contributed by atoms with Crippen LogP contribution < -0.4 is 9.47 Å². The molecule has 4 atom stereocenters. The number of imide groups is 1. The first-order chi connectivity index (χ1) is 12.5. The SMILES string of the molecule is CCOc1cc(C=NN2C(=O)C3C4C=CC(C4)C3C2=O)cc(I)c1OC. The van der Waals surface area contributed by atoms with E-state index in [4.69, 9.17) is 9.47 Å². The quantitative estimate of drug-likeness (QED) is 0.290. The molecule has 2 amide bonds. The number of hydrogen-bond acceptors (Lipinski definition) is 5. The summed E-state index contributed by atoms with van der Waals surface area (Å²) in [5.41, 5.74) is 0.748. The van der Waals surface area contributed by atoms with Gasteiger partial charge in [0.2, 0.25) is 0 Å². The maximum Gasteiger partial charge on any atom is 0.254 e.